The zero-order valence-electron chi connectivity index (χ0n) is 15.2. The zero-order valence-corrected chi connectivity index (χ0v) is 16.0. The smallest absolute Gasteiger partial charge is 0.331 e. The van der Waals surface area contributed by atoms with Crippen LogP contribution in [0.25, 0.3) is 6.08 Å². The number of rotatable bonds is 5. The van der Waals surface area contributed by atoms with Crippen LogP contribution < -0.4 is 14.8 Å². The van der Waals surface area contributed by atoms with Crippen molar-refractivity contribution in [2.75, 3.05) is 13.7 Å². The molecule has 0 unspecified atom stereocenters. The molecule has 4 amide bonds. The van der Waals surface area contributed by atoms with Crippen LogP contribution in [0.15, 0.2) is 17.7 Å². The molecule has 2 fully saturated rings. The summed E-state index contributed by atoms with van der Waals surface area (Å²) in [5, 5.41) is 2.55. The van der Waals surface area contributed by atoms with Gasteiger partial charge in [0.25, 0.3) is 11.8 Å². The van der Waals surface area contributed by atoms with E-state index in [0.717, 1.165) is 30.6 Å². The number of carbonyl (C=O) groups excluding carboxylic acids is 3. The third-order valence-electron chi connectivity index (χ3n) is 4.71. The number of amides is 4. The number of hydrogen-bond donors (Lipinski definition) is 1. The number of nitrogens with one attached hydrogen (secondary N) is 1. The molecule has 0 aromatic heterocycles. The monoisotopic (exact) mass is 392 g/mol. The van der Waals surface area contributed by atoms with Gasteiger partial charge in [0.1, 0.15) is 5.57 Å². The van der Waals surface area contributed by atoms with E-state index in [1.807, 2.05) is 6.92 Å². The molecule has 1 N–H and O–H groups in total. The van der Waals surface area contributed by atoms with Crippen molar-refractivity contribution in [3.63, 3.8) is 0 Å². The Labute approximate surface area is 162 Å². The number of benzene rings is 1. The van der Waals surface area contributed by atoms with Crippen molar-refractivity contribution in [3.8, 4) is 11.5 Å². The highest BCUT2D eigenvalue weighted by molar-refractivity contribution is 6.34. The fourth-order valence-electron chi connectivity index (χ4n) is 3.41. The van der Waals surface area contributed by atoms with E-state index in [1.54, 1.807) is 12.1 Å². The molecule has 1 heterocycles. The van der Waals surface area contributed by atoms with Gasteiger partial charge in [0.2, 0.25) is 0 Å². The average molecular weight is 393 g/mol. The molecule has 1 aromatic rings. The molecular formula is C19H21ClN2O5. The van der Waals surface area contributed by atoms with Crippen molar-refractivity contribution >= 4 is 35.5 Å². The minimum atomic E-state index is -0.732. The lowest BCUT2D eigenvalue weighted by molar-refractivity contribution is -0.131. The van der Waals surface area contributed by atoms with Crippen LogP contribution >= 0.6 is 11.6 Å². The van der Waals surface area contributed by atoms with Crippen molar-refractivity contribution in [1.82, 2.24) is 10.2 Å². The Balaban J connectivity index is 1.99. The second-order valence-electron chi connectivity index (χ2n) is 6.39. The molecule has 8 heteroatoms. The lowest BCUT2D eigenvalue weighted by Crippen LogP contribution is -2.57. The Morgan fingerprint density at radius 1 is 1.22 bits per heavy atom. The van der Waals surface area contributed by atoms with Crippen LogP contribution in [-0.4, -0.2) is 42.5 Å². The molecule has 27 heavy (non-hydrogen) atoms. The van der Waals surface area contributed by atoms with E-state index in [1.165, 1.54) is 13.2 Å². The number of hydrogen-bond acceptors (Lipinski definition) is 5. The van der Waals surface area contributed by atoms with E-state index in [-0.39, 0.29) is 11.6 Å². The fraction of sp³-hybridized carbons (Fsp3) is 0.421. The van der Waals surface area contributed by atoms with Crippen LogP contribution in [0.2, 0.25) is 5.02 Å². The first-order valence-corrected chi connectivity index (χ1v) is 9.25. The maximum Gasteiger partial charge on any atom is 0.331 e. The van der Waals surface area contributed by atoms with E-state index in [2.05, 4.69) is 5.32 Å². The largest absolute Gasteiger partial charge is 0.493 e. The van der Waals surface area contributed by atoms with Crippen molar-refractivity contribution < 1.29 is 23.9 Å². The zero-order chi connectivity index (χ0) is 19.6. The summed E-state index contributed by atoms with van der Waals surface area (Å²) in [5.74, 6) is -0.431. The standard InChI is InChI=1S/C19H21ClN2O5/c1-3-27-16-9-11(14(20)10-15(16)26-2)8-13-17(23)21-19(25)22(18(13)24)12-6-4-5-7-12/h8-10,12H,3-7H2,1-2H3,(H,21,23,25)/b13-8+. The molecule has 1 aliphatic carbocycles. The predicted octanol–water partition coefficient (Wildman–Crippen LogP) is 3.15. The predicted molar refractivity (Wildman–Crippen MR) is 99.8 cm³/mol. The molecule has 1 aliphatic heterocycles. The van der Waals surface area contributed by atoms with E-state index in [0.29, 0.717) is 28.7 Å². The molecule has 0 radical (unpaired) electrons. The summed E-state index contributed by atoms with van der Waals surface area (Å²) in [6.07, 6.45) is 4.79. The van der Waals surface area contributed by atoms with Gasteiger partial charge in [-0.2, -0.15) is 0 Å². The molecule has 144 valence electrons. The summed E-state index contributed by atoms with van der Waals surface area (Å²) >= 11 is 6.28. The number of methoxy groups -OCH3 is 1. The van der Waals surface area contributed by atoms with Crippen LogP contribution in [0, 0.1) is 0 Å². The van der Waals surface area contributed by atoms with Gasteiger partial charge in [-0.25, -0.2) is 4.79 Å². The van der Waals surface area contributed by atoms with Crippen molar-refractivity contribution in [2.45, 2.75) is 38.6 Å². The maximum absolute atomic E-state index is 12.9. The number of imide groups is 2. The van der Waals surface area contributed by atoms with Gasteiger partial charge in [-0.3, -0.25) is 19.8 Å². The van der Waals surface area contributed by atoms with Crippen LogP contribution in [0.5, 0.6) is 11.5 Å². The topological polar surface area (TPSA) is 84.9 Å². The number of barbiturate groups is 1. The van der Waals surface area contributed by atoms with Crippen molar-refractivity contribution in [2.24, 2.45) is 0 Å². The number of carbonyl (C=O) groups is 3. The molecule has 0 spiro atoms. The maximum atomic E-state index is 12.9. The van der Waals surface area contributed by atoms with E-state index < -0.39 is 17.8 Å². The highest BCUT2D eigenvalue weighted by atomic mass is 35.5. The van der Waals surface area contributed by atoms with Gasteiger partial charge in [0, 0.05) is 12.1 Å². The molecule has 1 saturated heterocycles. The first kappa shape index (κ1) is 19.2. The van der Waals surface area contributed by atoms with E-state index >= 15 is 0 Å². The number of urea groups is 1. The Hall–Kier alpha value is -2.54. The van der Waals surface area contributed by atoms with Gasteiger partial charge in [-0.1, -0.05) is 24.4 Å². The van der Waals surface area contributed by atoms with Gasteiger partial charge in [-0.15, -0.1) is 0 Å². The van der Waals surface area contributed by atoms with Crippen molar-refractivity contribution in [1.29, 1.82) is 0 Å². The summed E-state index contributed by atoms with van der Waals surface area (Å²) in [6, 6.07) is 2.32. The molecular weight excluding hydrogens is 372 g/mol. The Morgan fingerprint density at radius 2 is 1.93 bits per heavy atom. The van der Waals surface area contributed by atoms with E-state index in [4.69, 9.17) is 21.1 Å². The summed E-state index contributed by atoms with van der Waals surface area (Å²) in [6.45, 7) is 2.24. The first-order valence-electron chi connectivity index (χ1n) is 8.87. The van der Waals surface area contributed by atoms with Gasteiger partial charge >= 0.3 is 6.03 Å². The first-order chi connectivity index (χ1) is 13.0. The molecule has 1 aromatic carbocycles. The lowest BCUT2D eigenvalue weighted by atomic mass is 10.0. The highest BCUT2D eigenvalue weighted by Gasteiger charge is 2.40. The quantitative estimate of drug-likeness (QED) is 0.614. The van der Waals surface area contributed by atoms with Gasteiger partial charge in [0.05, 0.1) is 18.7 Å². The third-order valence-corrected chi connectivity index (χ3v) is 5.03. The number of nitrogens with zero attached hydrogens (tertiary/aromatic N) is 1. The van der Waals surface area contributed by atoms with Crippen LogP contribution in [0.1, 0.15) is 38.2 Å². The summed E-state index contributed by atoms with van der Waals surface area (Å²) < 4.78 is 10.8. The third kappa shape index (κ3) is 3.78. The summed E-state index contributed by atoms with van der Waals surface area (Å²) in [4.78, 5) is 38.5. The molecule has 1 saturated carbocycles. The molecule has 3 rings (SSSR count). The van der Waals surface area contributed by atoms with Gasteiger partial charge < -0.3 is 9.47 Å². The number of halogens is 1. The minimum Gasteiger partial charge on any atom is -0.493 e. The SMILES string of the molecule is CCOc1cc(/C=C2\C(=O)NC(=O)N(C3CCCC3)C2=O)c(Cl)cc1OC. The summed E-state index contributed by atoms with van der Waals surface area (Å²) in [5.41, 5.74) is 0.302. The fourth-order valence-corrected chi connectivity index (χ4v) is 3.62. The minimum absolute atomic E-state index is 0.129. The molecule has 7 nitrogen and oxygen atoms in total. The van der Waals surface area contributed by atoms with Gasteiger partial charge in [0.15, 0.2) is 11.5 Å². The second-order valence-corrected chi connectivity index (χ2v) is 6.80. The molecule has 2 aliphatic rings. The van der Waals surface area contributed by atoms with Gasteiger partial charge in [-0.05, 0) is 37.5 Å². The lowest BCUT2D eigenvalue weighted by Gasteiger charge is -2.31. The molecule has 0 atom stereocenters. The Bertz CT molecular complexity index is 815. The summed E-state index contributed by atoms with van der Waals surface area (Å²) in [7, 11) is 1.50. The Morgan fingerprint density at radius 3 is 2.56 bits per heavy atom. The van der Waals surface area contributed by atoms with Crippen LogP contribution in [0.3, 0.4) is 0 Å². The van der Waals surface area contributed by atoms with Crippen LogP contribution in [0.4, 0.5) is 4.79 Å². The Kier molecular flexibility index (Phi) is 5.70. The number of ether oxygens (including phenoxy) is 2. The highest BCUT2D eigenvalue weighted by Crippen LogP contribution is 2.35. The normalized spacial score (nSPS) is 19.6. The second kappa shape index (κ2) is 8.00. The van der Waals surface area contributed by atoms with Crippen molar-refractivity contribution in [3.05, 3.63) is 28.3 Å². The van der Waals surface area contributed by atoms with Crippen LogP contribution in [-0.2, 0) is 9.59 Å². The average Bonchev–Trinajstić information content (AvgIpc) is 3.14. The molecule has 0 bridgehead atoms. The van der Waals surface area contributed by atoms with E-state index in [9.17, 15) is 14.4 Å².